The van der Waals surface area contributed by atoms with E-state index in [1.807, 2.05) is 0 Å². The van der Waals surface area contributed by atoms with Crippen molar-refractivity contribution in [3.63, 3.8) is 0 Å². The van der Waals surface area contributed by atoms with Gasteiger partial charge in [0.25, 0.3) is 11.8 Å². The van der Waals surface area contributed by atoms with Crippen molar-refractivity contribution in [2.75, 3.05) is 10.6 Å². The lowest BCUT2D eigenvalue weighted by Crippen LogP contribution is -2.25. The second-order valence-corrected chi connectivity index (χ2v) is 7.75. The zero-order valence-corrected chi connectivity index (χ0v) is 18.7. The summed E-state index contributed by atoms with van der Waals surface area (Å²) in [6, 6.07) is 10.1. The van der Waals surface area contributed by atoms with Crippen molar-refractivity contribution in [2.24, 2.45) is 0 Å². The van der Waals surface area contributed by atoms with Gasteiger partial charge in [-0.2, -0.15) is 39.5 Å². The predicted molar refractivity (Wildman–Crippen MR) is 120 cm³/mol. The molecule has 3 rings (SSSR count). The Morgan fingerprint density at radius 3 is 1.32 bits per heavy atom. The summed E-state index contributed by atoms with van der Waals surface area (Å²) in [6.45, 7) is 0. The highest BCUT2D eigenvalue weighted by Gasteiger charge is 2.32. The summed E-state index contributed by atoms with van der Waals surface area (Å²) in [4.78, 5) is 25.8. The predicted octanol–water partition coefficient (Wildman–Crippen LogP) is 7.40. The highest BCUT2D eigenvalue weighted by Crippen LogP contribution is 2.33. The van der Waals surface area contributed by atoms with Gasteiger partial charge in [-0.1, -0.05) is 24.3 Å². The highest BCUT2D eigenvalue weighted by molar-refractivity contribution is 6.28. The molecular weight excluding hydrogens is 531 g/mol. The van der Waals surface area contributed by atoms with Gasteiger partial charge in [-0.05, 0) is 60.2 Å². The number of halogens is 9. The minimum Gasteiger partial charge on any atom is -0.322 e. The molecule has 0 unspecified atom stereocenters. The quantitative estimate of drug-likeness (QED) is 0.152. The van der Waals surface area contributed by atoms with Crippen LogP contribution in [0.25, 0.3) is 6.08 Å². The van der Waals surface area contributed by atoms with Crippen LogP contribution in [0, 0.1) is 0 Å². The first-order chi connectivity index (χ1) is 17.5. The third kappa shape index (κ3) is 7.37. The summed E-state index contributed by atoms with van der Waals surface area (Å²) >= 11 is 0. The Morgan fingerprint density at radius 2 is 0.921 bits per heavy atom. The van der Waals surface area contributed by atoms with E-state index >= 15 is 0 Å². The topological polar surface area (TPSA) is 58.2 Å². The lowest BCUT2D eigenvalue weighted by atomic mass is 10.1. The molecule has 0 saturated carbocycles. The molecule has 4 nitrogen and oxygen atoms in total. The average molecular weight is 546 g/mol. The summed E-state index contributed by atoms with van der Waals surface area (Å²) in [5.74, 6) is -2.66. The van der Waals surface area contributed by atoms with Gasteiger partial charge in [0, 0.05) is 11.4 Å². The van der Waals surface area contributed by atoms with Gasteiger partial charge in [-0.15, -0.1) is 0 Å². The molecule has 0 saturated heterocycles. The van der Waals surface area contributed by atoms with E-state index in [-0.39, 0.29) is 5.56 Å². The van der Waals surface area contributed by atoms with Crippen LogP contribution in [-0.4, -0.2) is 11.8 Å². The first-order valence-corrected chi connectivity index (χ1v) is 10.4. The number of hydrogen-bond acceptors (Lipinski definition) is 2. The fraction of sp³-hybridized carbons (Fsp3) is 0.120. The standard InChI is InChI=1S/C25H15F9N2O2/c26-23(27,28)15-5-1-4-14(10-15)11-20(21(37)35-18-8-2-6-16(12-18)24(29,30)31)22(38)36-19-9-3-7-17(13-19)25(32,33)34/h1-13H,(H,35,37)(H,36,38). The molecule has 0 spiro atoms. The van der Waals surface area contributed by atoms with Gasteiger partial charge in [0.1, 0.15) is 5.57 Å². The molecule has 0 atom stereocenters. The Morgan fingerprint density at radius 1 is 0.553 bits per heavy atom. The monoisotopic (exact) mass is 546 g/mol. The van der Waals surface area contributed by atoms with E-state index in [2.05, 4.69) is 10.6 Å². The minimum absolute atomic E-state index is 0.284. The van der Waals surface area contributed by atoms with E-state index in [1.165, 1.54) is 0 Å². The molecule has 0 bridgehead atoms. The molecule has 3 aromatic rings. The molecule has 13 heteroatoms. The number of nitrogens with one attached hydrogen (secondary N) is 2. The highest BCUT2D eigenvalue weighted by atomic mass is 19.4. The molecule has 200 valence electrons. The molecule has 2 amide bonds. The average Bonchev–Trinajstić information content (AvgIpc) is 2.81. The summed E-state index contributed by atoms with van der Waals surface area (Å²) in [6.07, 6.45) is -13.6. The number of benzene rings is 3. The Hall–Kier alpha value is -4.29. The summed E-state index contributed by atoms with van der Waals surface area (Å²) in [5, 5.41) is 4.10. The maximum atomic E-state index is 13.1. The number of rotatable bonds is 5. The zero-order valence-electron chi connectivity index (χ0n) is 18.7. The van der Waals surface area contributed by atoms with Gasteiger partial charge >= 0.3 is 18.5 Å². The molecule has 0 aliphatic rings. The molecule has 0 aliphatic heterocycles. The summed E-state index contributed by atoms with van der Waals surface area (Å²) < 4.78 is 117. The van der Waals surface area contributed by atoms with E-state index < -0.39 is 64.0 Å². The smallest absolute Gasteiger partial charge is 0.322 e. The van der Waals surface area contributed by atoms with Gasteiger partial charge in [0.2, 0.25) is 0 Å². The van der Waals surface area contributed by atoms with Crippen LogP contribution in [0.15, 0.2) is 78.4 Å². The number of hydrogen-bond donors (Lipinski definition) is 2. The van der Waals surface area contributed by atoms with Crippen molar-refractivity contribution < 1.29 is 49.1 Å². The lowest BCUT2D eigenvalue weighted by molar-refractivity contribution is -0.138. The molecule has 0 aliphatic carbocycles. The van der Waals surface area contributed by atoms with Crippen molar-refractivity contribution in [3.05, 3.63) is 101 Å². The second-order valence-electron chi connectivity index (χ2n) is 7.75. The third-order valence-corrected chi connectivity index (χ3v) is 4.91. The zero-order chi connectivity index (χ0) is 28.3. The van der Waals surface area contributed by atoms with E-state index in [1.54, 1.807) is 0 Å². The van der Waals surface area contributed by atoms with Crippen LogP contribution in [-0.2, 0) is 28.1 Å². The van der Waals surface area contributed by atoms with E-state index in [4.69, 9.17) is 0 Å². The minimum atomic E-state index is -4.77. The van der Waals surface area contributed by atoms with Crippen molar-refractivity contribution in [2.45, 2.75) is 18.5 Å². The van der Waals surface area contributed by atoms with Gasteiger partial charge in [-0.25, -0.2) is 0 Å². The number of alkyl halides is 9. The molecule has 2 N–H and O–H groups in total. The van der Waals surface area contributed by atoms with Crippen LogP contribution >= 0.6 is 0 Å². The SMILES string of the molecule is O=C(Nc1cccc(C(F)(F)F)c1)C(=Cc1cccc(C(F)(F)F)c1)C(=O)Nc1cccc(C(F)(F)F)c1. The van der Waals surface area contributed by atoms with Crippen LogP contribution < -0.4 is 10.6 Å². The number of amides is 2. The number of carbonyl (C=O) groups is 2. The fourth-order valence-corrected chi connectivity index (χ4v) is 3.15. The Kier molecular flexibility index (Phi) is 7.89. The summed E-state index contributed by atoms with van der Waals surface area (Å²) in [5.41, 5.74) is -5.35. The second kappa shape index (κ2) is 10.6. The van der Waals surface area contributed by atoms with Gasteiger partial charge in [-0.3, -0.25) is 9.59 Å². The largest absolute Gasteiger partial charge is 0.416 e. The molecule has 3 aromatic carbocycles. The first-order valence-electron chi connectivity index (χ1n) is 10.4. The molecule has 0 aromatic heterocycles. The maximum Gasteiger partial charge on any atom is 0.416 e. The maximum absolute atomic E-state index is 13.1. The van der Waals surface area contributed by atoms with Crippen LogP contribution in [0.2, 0.25) is 0 Å². The van der Waals surface area contributed by atoms with E-state index in [0.717, 1.165) is 60.7 Å². The van der Waals surface area contributed by atoms with Crippen LogP contribution in [0.3, 0.4) is 0 Å². The molecule has 0 radical (unpaired) electrons. The van der Waals surface area contributed by atoms with Crippen molar-refractivity contribution in [1.82, 2.24) is 0 Å². The van der Waals surface area contributed by atoms with Crippen LogP contribution in [0.1, 0.15) is 22.3 Å². The fourth-order valence-electron chi connectivity index (χ4n) is 3.15. The van der Waals surface area contributed by atoms with Crippen LogP contribution in [0.5, 0.6) is 0 Å². The molecule has 0 fully saturated rings. The molecule has 38 heavy (non-hydrogen) atoms. The first kappa shape index (κ1) is 28.3. The van der Waals surface area contributed by atoms with Gasteiger partial charge in [0.15, 0.2) is 0 Å². The summed E-state index contributed by atoms with van der Waals surface area (Å²) in [7, 11) is 0. The van der Waals surface area contributed by atoms with Crippen molar-refractivity contribution in [1.29, 1.82) is 0 Å². The van der Waals surface area contributed by atoms with E-state index in [0.29, 0.717) is 18.2 Å². The van der Waals surface area contributed by atoms with Gasteiger partial charge in [0.05, 0.1) is 16.7 Å². The number of carbonyl (C=O) groups excluding carboxylic acids is 2. The van der Waals surface area contributed by atoms with E-state index in [9.17, 15) is 49.1 Å². The van der Waals surface area contributed by atoms with Crippen molar-refractivity contribution >= 4 is 29.3 Å². The molecular formula is C25H15F9N2O2. The lowest BCUT2D eigenvalue weighted by Gasteiger charge is -2.13. The van der Waals surface area contributed by atoms with Crippen molar-refractivity contribution in [3.8, 4) is 0 Å². The number of anilines is 2. The normalized spacial score (nSPS) is 12.0. The van der Waals surface area contributed by atoms with Gasteiger partial charge < -0.3 is 10.6 Å². The van der Waals surface area contributed by atoms with Crippen LogP contribution in [0.4, 0.5) is 50.9 Å². The Labute approximate surface area is 208 Å². The molecule has 0 heterocycles. The Bertz CT molecular complexity index is 1300. The Balaban J connectivity index is 2.00. The third-order valence-electron chi connectivity index (χ3n) is 4.91.